The zero-order chi connectivity index (χ0) is 18.4. The number of ketones is 1. The largest absolute Gasteiger partial charge is 0.492 e. The van der Waals surface area contributed by atoms with Gasteiger partial charge in [0.25, 0.3) is 0 Å². The predicted octanol–water partition coefficient (Wildman–Crippen LogP) is 3.68. The molecule has 26 heavy (non-hydrogen) atoms. The van der Waals surface area contributed by atoms with Crippen molar-refractivity contribution in [2.24, 2.45) is 11.8 Å². The third-order valence-corrected chi connectivity index (χ3v) is 4.88. The van der Waals surface area contributed by atoms with Gasteiger partial charge in [-0.1, -0.05) is 6.07 Å². The Labute approximate surface area is 152 Å². The Morgan fingerprint density at radius 1 is 1.23 bits per heavy atom. The smallest absolute Gasteiger partial charge is 0.303 e. The van der Waals surface area contributed by atoms with Crippen molar-refractivity contribution in [3.63, 3.8) is 0 Å². The van der Waals surface area contributed by atoms with Crippen LogP contribution in [0.3, 0.4) is 0 Å². The molecule has 1 aromatic carbocycles. The Bertz CT molecular complexity index is 750. The van der Waals surface area contributed by atoms with Crippen molar-refractivity contribution in [2.45, 2.75) is 32.1 Å². The fraction of sp³-hybridized carbons (Fsp3) is 0.500. The Morgan fingerprint density at radius 2 is 2.12 bits per heavy atom. The summed E-state index contributed by atoms with van der Waals surface area (Å²) in [6.45, 7) is 1.39. The van der Waals surface area contributed by atoms with E-state index in [1.54, 1.807) is 6.26 Å². The van der Waals surface area contributed by atoms with E-state index in [-0.39, 0.29) is 24.0 Å². The highest BCUT2D eigenvalue weighted by Gasteiger charge is 2.35. The lowest BCUT2D eigenvalue weighted by atomic mass is 9.97. The van der Waals surface area contributed by atoms with Gasteiger partial charge < -0.3 is 19.0 Å². The van der Waals surface area contributed by atoms with E-state index in [1.807, 2.05) is 24.3 Å². The van der Waals surface area contributed by atoms with Crippen LogP contribution in [0.2, 0.25) is 0 Å². The minimum atomic E-state index is -0.781. The summed E-state index contributed by atoms with van der Waals surface area (Å²) in [5.74, 6) is 0.172. The molecule has 0 saturated heterocycles. The van der Waals surface area contributed by atoms with Crippen molar-refractivity contribution in [3.05, 3.63) is 30.5 Å². The summed E-state index contributed by atoms with van der Waals surface area (Å²) in [6.07, 6.45) is 4.51. The van der Waals surface area contributed by atoms with Crippen molar-refractivity contribution in [1.82, 2.24) is 0 Å². The number of carboxylic acids is 1. The summed E-state index contributed by atoms with van der Waals surface area (Å²) in [5, 5.41) is 9.52. The van der Waals surface area contributed by atoms with E-state index >= 15 is 0 Å². The molecule has 6 nitrogen and oxygen atoms in total. The molecule has 0 unspecified atom stereocenters. The molecule has 0 bridgehead atoms. The van der Waals surface area contributed by atoms with Gasteiger partial charge in [0.05, 0.1) is 30.8 Å². The van der Waals surface area contributed by atoms with Crippen LogP contribution in [-0.2, 0) is 14.3 Å². The average molecular weight is 360 g/mol. The van der Waals surface area contributed by atoms with Crippen LogP contribution in [0.25, 0.3) is 11.0 Å². The van der Waals surface area contributed by atoms with E-state index in [1.165, 1.54) is 0 Å². The van der Waals surface area contributed by atoms with Gasteiger partial charge in [0.1, 0.15) is 17.1 Å². The molecule has 0 aliphatic heterocycles. The molecule has 140 valence electrons. The van der Waals surface area contributed by atoms with Crippen LogP contribution in [-0.4, -0.2) is 36.7 Å². The van der Waals surface area contributed by atoms with Gasteiger partial charge in [0.15, 0.2) is 0 Å². The Kier molecular flexibility index (Phi) is 6.28. The number of rotatable bonds is 10. The molecule has 1 heterocycles. The maximum absolute atomic E-state index is 12.2. The molecule has 1 aliphatic rings. The van der Waals surface area contributed by atoms with E-state index in [4.69, 9.17) is 19.0 Å². The minimum absolute atomic E-state index is 0.156. The maximum atomic E-state index is 12.2. The average Bonchev–Trinajstić information content (AvgIpc) is 3.23. The Morgan fingerprint density at radius 3 is 2.96 bits per heavy atom. The number of carbonyl (C=O) groups excluding carboxylic acids is 1. The van der Waals surface area contributed by atoms with E-state index in [0.717, 1.165) is 29.6 Å². The van der Waals surface area contributed by atoms with Gasteiger partial charge in [0.2, 0.25) is 0 Å². The summed E-state index contributed by atoms with van der Waals surface area (Å²) in [5.41, 5.74) is 0.765. The van der Waals surface area contributed by atoms with Gasteiger partial charge in [-0.05, 0) is 43.4 Å². The molecule has 2 atom stereocenters. The number of hydrogen-bond acceptors (Lipinski definition) is 5. The first kappa shape index (κ1) is 18.5. The van der Waals surface area contributed by atoms with Crippen molar-refractivity contribution >= 4 is 22.7 Å². The van der Waals surface area contributed by atoms with Crippen molar-refractivity contribution < 1.29 is 28.6 Å². The maximum Gasteiger partial charge on any atom is 0.303 e. The summed E-state index contributed by atoms with van der Waals surface area (Å²) in [4.78, 5) is 22.7. The second-order valence-corrected chi connectivity index (χ2v) is 6.70. The number of furan rings is 1. The third kappa shape index (κ3) is 4.64. The first-order valence-corrected chi connectivity index (χ1v) is 9.06. The van der Waals surface area contributed by atoms with Gasteiger partial charge in [-0.15, -0.1) is 0 Å². The fourth-order valence-corrected chi connectivity index (χ4v) is 3.39. The van der Waals surface area contributed by atoms with Crippen LogP contribution in [0.5, 0.6) is 5.75 Å². The van der Waals surface area contributed by atoms with Crippen LogP contribution in [0, 0.1) is 11.8 Å². The lowest BCUT2D eigenvalue weighted by Gasteiger charge is -2.19. The standard InChI is InChI=1S/C20H24O6/c21-17-8-7-14(12-24-10-2-1-6-20(22)23)16(17)13-26-19-5-3-4-18-15(19)9-11-25-18/h3-5,9,11,14,16H,1-2,6-8,10,12-13H2,(H,22,23)/t14-,16-/m1/s1. The predicted molar refractivity (Wildman–Crippen MR) is 95.2 cm³/mol. The van der Waals surface area contributed by atoms with Crippen molar-refractivity contribution in [2.75, 3.05) is 19.8 Å². The highest BCUT2D eigenvalue weighted by molar-refractivity contribution is 5.85. The van der Waals surface area contributed by atoms with E-state index in [0.29, 0.717) is 32.7 Å². The quantitative estimate of drug-likeness (QED) is 0.651. The van der Waals surface area contributed by atoms with Crippen LogP contribution >= 0.6 is 0 Å². The number of hydrogen-bond donors (Lipinski definition) is 1. The lowest BCUT2D eigenvalue weighted by molar-refractivity contribution is -0.137. The van der Waals surface area contributed by atoms with Crippen LogP contribution in [0.4, 0.5) is 0 Å². The second-order valence-electron chi connectivity index (χ2n) is 6.70. The summed E-state index contributed by atoms with van der Waals surface area (Å²) < 4.78 is 17.0. The molecule has 2 aromatic rings. The van der Waals surface area contributed by atoms with E-state index < -0.39 is 5.97 Å². The number of ether oxygens (including phenoxy) is 2. The molecular formula is C20H24O6. The molecule has 3 rings (SSSR count). The molecule has 0 radical (unpaired) electrons. The number of benzene rings is 1. The molecule has 0 amide bonds. The van der Waals surface area contributed by atoms with Gasteiger partial charge in [-0.3, -0.25) is 9.59 Å². The number of carboxylic acid groups (broad SMARTS) is 1. The van der Waals surface area contributed by atoms with Crippen molar-refractivity contribution in [1.29, 1.82) is 0 Å². The molecule has 1 fully saturated rings. The molecular weight excluding hydrogens is 336 g/mol. The summed E-state index contributed by atoms with van der Waals surface area (Å²) >= 11 is 0. The first-order chi connectivity index (χ1) is 12.6. The number of Topliss-reactive ketones (excluding diaryl/α,β-unsaturated/α-hetero) is 1. The Balaban J connectivity index is 1.47. The summed E-state index contributed by atoms with van der Waals surface area (Å²) in [6, 6.07) is 7.49. The van der Waals surface area contributed by atoms with Crippen LogP contribution < -0.4 is 4.74 Å². The summed E-state index contributed by atoms with van der Waals surface area (Å²) in [7, 11) is 0. The number of unbranched alkanes of at least 4 members (excludes halogenated alkanes) is 1. The second kappa shape index (κ2) is 8.85. The van der Waals surface area contributed by atoms with Crippen LogP contribution in [0.1, 0.15) is 32.1 Å². The van der Waals surface area contributed by atoms with E-state index in [2.05, 4.69) is 0 Å². The highest BCUT2D eigenvalue weighted by atomic mass is 16.5. The molecule has 1 saturated carbocycles. The molecule has 6 heteroatoms. The zero-order valence-electron chi connectivity index (χ0n) is 14.7. The van der Waals surface area contributed by atoms with E-state index in [9.17, 15) is 9.59 Å². The molecule has 1 aromatic heterocycles. The monoisotopic (exact) mass is 360 g/mol. The fourth-order valence-electron chi connectivity index (χ4n) is 3.39. The topological polar surface area (TPSA) is 86.0 Å². The third-order valence-electron chi connectivity index (χ3n) is 4.88. The first-order valence-electron chi connectivity index (χ1n) is 9.06. The van der Waals surface area contributed by atoms with Gasteiger partial charge in [-0.2, -0.15) is 0 Å². The molecule has 0 spiro atoms. The van der Waals surface area contributed by atoms with Gasteiger partial charge in [-0.25, -0.2) is 0 Å². The number of fused-ring (bicyclic) bond motifs is 1. The highest BCUT2D eigenvalue weighted by Crippen LogP contribution is 2.32. The Hall–Kier alpha value is -2.34. The molecule has 1 aliphatic carbocycles. The molecule has 1 N–H and O–H groups in total. The lowest BCUT2D eigenvalue weighted by Crippen LogP contribution is -2.25. The minimum Gasteiger partial charge on any atom is -0.492 e. The van der Waals surface area contributed by atoms with Gasteiger partial charge in [0, 0.05) is 19.4 Å². The van der Waals surface area contributed by atoms with Crippen molar-refractivity contribution in [3.8, 4) is 5.75 Å². The SMILES string of the molecule is O=C(O)CCCCOC[C@H]1CCC(=O)[C@@H]1COc1cccc2occc12. The zero-order valence-corrected chi connectivity index (χ0v) is 14.7. The number of carbonyl (C=O) groups is 2. The number of aliphatic carboxylic acids is 1. The normalized spacial score (nSPS) is 19.9. The van der Waals surface area contributed by atoms with Gasteiger partial charge >= 0.3 is 5.97 Å². The van der Waals surface area contributed by atoms with Crippen LogP contribution in [0.15, 0.2) is 34.9 Å².